The second-order valence-electron chi connectivity index (χ2n) is 9.55. The summed E-state index contributed by atoms with van der Waals surface area (Å²) in [5, 5.41) is 2.79. The van der Waals surface area contributed by atoms with Crippen LogP contribution in [0.25, 0.3) is 21.9 Å². The van der Waals surface area contributed by atoms with Crippen molar-refractivity contribution in [3.63, 3.8) is 0 Å². The molecule has 0 aliphatic carbocycles. The molecule has 0 saturated heterocycles. The molecule has 3 nitrogen and oxygen atoms in total. The molecule has 0 aromatic heterocycles. The number of halogens is 2. The smallest absolute Gasteiger partial charge is 0.330 e. The molecule has 0 aliphatic rings. The third kappa shape index (κ3) is 7.92. The van der Waals surface area contributed by atoms with Crippen LogP contribution in [0.15, 0.2) is 116 Å². The van der Waals surface area contributed by atoms with Crippen LogP contribution in [0.2, 0.25) is 5.02 Å². The van der Waals surface area contributed by atoms with Crippen molar-refractivity contribution in [2.24, 2.45) is 0 Å². The predicted molar refractivity (Wildman–Crippen MR) is 170 cm³/mol. The van der Waals surface area contributed by atoms with Crippen molar-refractivity contribution in [1.29, 1.82) is 0 Å². The van der Waals surface area contributed by atoms with Crippen molar-refractivity contribution in [2.45, 2.75) is 6.42 Å². The van der Waals surface area contributed by atoms with Crippen molar-refractivity contribution in [3.05, 3.63) is 149 Å². The zero-order valence-corrected chi connectivity index (χ0v) is 24.0. The van der Waals surface area contributed by atoms with Gasteiger partial charge in [-0.05, 0) is 70.9 Å². The molecular formula is C38H26ClFO3. The Bertz CT molecular complexity index is 1920. The Morgan fingerprint density at radius 3 is 2.19 bits per heavy atom. The SMILES string of the molecule is C=CC(=O)OCCCOc1ccc(-c2ccc(C#Cc3ccc(C#Cc4ccc5ccccc5c4)cc3F)cc2Cl)cc1. The van der Waals surface area contributed by atoms with Crippen molar-refractivity contribution >= 4 is 28.3 Å². The number of rotatable bonds is 7. The first-order valence-corrected chi connectivity index (χ1v) is 14.0. The summed E-state index contributed by atoms with van der Waals surface area (Å²) in [7, 11) is 0. The summed E-state index contributed by atoms with van der Waals surface area (Å²) >= 11 is 6.57. The van der Waals surface area contributed by atoms with Gasteiger partial charge in [-0.15, -0.1) is 0 Å². The maximum absolute atomic E-state index is 14.8. The lowest BCUT2D eigenvalue weighted by Crippen LogP contribution is -2.06. The number of ether oxygens (including phenoxy) is 2. The molecule has 43 heavy (non-hydrogen) atoms. The fourth-order valence-electron chi connectivity index (χ4n) is 4.28. The predicted octanol–water partition coefficient (Wildman–Crippen LogP) is 8.60. The molecule has 0 aliphatic heterocycles. The third-order valence-corrected chi connectivity index (χ3v) is 6.83. The van der Waals surface area contributed by atoms with Crippen LogP contribution in [0.1, 0.15) is 28.7 Å². The summed E-state index contributed by atoms with van der Waals surface area (Å²) in [5.74, 6) is 11.9. The minimum absolute atomic E-state index is 0.271. The van der Waals surface area contributed by atoms with Crippen LogP contribution in [0.5, 0.6) is 5.75 Å². The third-order valence-electron chi connectivity index (χ3n) is 6.51. The number of carbonyl (C=O) groups is 1. The Labute approximate surface area is 255 Å². The molecular weight excluding hydrogens is 559 g/mol. The standard InChI is InChI=1S/C38H26ClFO3/c1-2-38(41)43-23-5-22-42-34-19-17-31(18-20-34)35-21-13-28(25-36(35)39)11-15-32-16-12-29(26-37(32)40)9-8-27-10-14-30-6-3-4-7-33(30)24-27/h2-4,6-7,10,12-14,16-21,24-26H,1,5,22-23H2. The molecule has 0 amide bonds. The van der Waals surface area contributed by atoms with Gasteiger partial charge < -0.3 is 9.47 Å². The van der Waals surface area contributed by atoms with Crippen molar-refractivity contribution in [3.8, 4) is 40.6 Å². The van der Waals surface area contributed by atoms with Gasteiger partial charge in [0.05, 0.1) is 18.8 Å². The molecule has 0 bridgehead atoms. The van der Waals surface area contributed by atoms with E-state index in [2.05, 4.69) is 36.3 Å². The summed E-state index contributed by atoms with van der Waals surface area (Å²) < 4.78 is 25.4. The van der Waals surface area contributed by atoms with E-state index in [-0.39, 0.29) is 12.2 Å². The lowest BCUT2D eigenvalue weighted by atomic mass is 10.0. The second-order valence-corrected chi connectivity index (χ2v) is 9.96. The van der Waals surface area contributed by atoms with Gasteiger partial charge in [0, 0.05) is 39.8 Å². The van der Waals surface area contributed by atoms with Gasteiger partial charge in [0.25, 0.3) is 0 Å². The van der Waals surface area contributed by atoms with Crippen LogP contribution in [0, 0.1) is 29.5 Å². The first-order valence-electron chi connectivity index (χ1n) is 13.6. The number of benzene rings is 5. The molecule has 0 N–H and O–H groups in total. The number of hydrogen-bond donors (Lipinski definition) is 0. The normalized spacial score (nSPS) is 10.2. The maximum atomic E-state index is 14.8. The highest BCUT2D eigenvalue weighted by Crippen LogP contribution is 2.30. The second kappa shape index (κ2) is 14.1. The first-order chi connectivity index (χ1) is 21.0. The van der Waals surface area contributed by atoms with E-state index in [1.807, 2.05) is 72.8 Å². The molecule has 5 aromatic carbocycles. The Morgan fingerprint density at radius 2 is 1.44 bits per heavy atom. The molecule has 0 atom stereocenters. The zero-order chi connectivity index (χ0) is 30.0. The Morgan fingerprint density at radius 1 is 0.767 bits per heavy atom. The average molecular weight is 585 g/mol. The van der Waals surface area contributed by atoms with Crippen molar-refractivity contribution in [2.75, 3.05) is 13.2 Å². The highest BCUT2D eigenvalue weighted by Gasteiger charge is 2.06. The largest absolute Gasteiger partial charge is 0.493 e. The van der Waals surface area contributed by atoms with Gasteiger partial charge in [0.1, 0.15) is 11.6 Å². The maximum Gasteiger partial charge on any atom is 0.330 e. The van der Waals surface area contributed by atoms with Crippen LogP contribution in [0.4, 0.5) is 4.39 Å². The van der Waals surface area contributed by atoms with Gasteiger partial charge in [0.15, 0.2) is 0 Å². The molecule has 0 unspecified atom stereocenters. The Kier molecular flexibility index (Phi) is 9.55. The molecule has 5 rings (SSSR count). The summed E-state index contributed by atoms with van der Waals surface area (Å²) in [6.07, 6.45) is 1.71. The zero-order valence-electron chi connectivity index (χ0n) is 23.2. The van der Waals surface area contributed by atoms with Gasteiger partial charge in [0.2, 0.25) is 0 Å². The van der Waals surface area contributed by atoms with E-state index in [9.17, 15) is 9.18 Å². The van der Waals surface area contributed by atoms with Crippen molar-refractivity contribution in [1.82, 2.24) is 0 Å². The topological polar surface area (TPSA) is 35.5 Å². The van der Waals surface area contributed by atoms with Crippen LogP contribution < -0.4 is 4.74 Å². The number of carbonyl (C=O) groups excluding carboxylic acids is 1. The highest BCUT2D eigenvalue weighted by atomic mass is 35.5. The van der Waals surface area contributed by atoms with Gasteiger partial charge in [-0.2, -0.15) is 0 Å². The lowest BCUT2D eigenvalue weighted by Gasteiger charge is -2.09. The van der Waals surface area contributed by atoms with Crippen LogP contribution in [-0.4, -0.2) is 19.2 Å². The van der Waals surface area contributed by atoms with E-state index < -0.39 is 11.8 Å². The van der Waals surface area contributed by atoms with Gasteiger partial charge in [-0.1, -0.05) is 90.4 Å². The molecule has 210 valence electrons. The van der Waals surface area contributed by atoms with Crippen LogP contribution in [0.3, 0.4) is 0 Å². The summed E-state index contributed by atoms with van der Waals surface area (Å²) in [5.41, 5.74) is 4.16. The minimum Gasteiger partial charge on any atom is -0.493 e. The van der Waals surface area contributed by atoms with Gasteiger partial charge >= 0.3 is 5.97 Å². The van der Waals surface area contributed by atoms with E-state index in [4.69, 9.17) is 21.1 Å². The fraction of sp³-hybridized carbons (Fsp3) is 0.0789. The van der Waals surface area contributed by atoms with E-state index in [0.717, 1.165) is 33.5 Å². The molecule has 0 heterocycles. The van der Waals surface area contributed by atoms with Crippen LogP contribution in [-0.2, 0) is 9.53 Å². The first kappa shape index (κ1) is 29.2. The fourth-order valence-corrected chi connectivity index (χ4v) is 4.57. The minimum atomic E-state index is -0.446. The number of esters is 1. The summed E-state index contributed by atoms with van der Waals surface area (Å²) in [4.78, 5) is 11.1. The summed E-state index contributed by atoms with van der Waals surface area (Å²) in [6, 6.07) is 32.0. The van der Waals surface area contributed by atoms with E-state index in [0.29, 0.717) is 34.9 Å². The van der Waals surface area contributed by atoms with Gasteiger partial charge in [-0.25, -0.2) is 9.18 Å². The van der Waals surface area contributed by atoms with E-state index >= 15 is 0 Å². The highest BCUT2D eigenvalue weighted by molar-refractivity contribution is 6.33. The summed E-state index contributed by atoms with van der Waals surface area (Å²) in [6.45, 7) is 4.05. The molecule has 5 aromatic rings. The Hall–Kier alpha value is -5.29. The monoisotopic (exact) mass is 584 g/mol. The number of fused-ring (bicyclic) bond motifs is 1. The molecule has 0 spiro atoms. The van der Waals surface area contributed by atoms with E-state index in [1.54, 1.807) is 18.2 Å². The molecule has 0 radical (unpaired) electrons. The lowest BCUT2D eigenvalue weighted by molar-refractivity contribution is -0.137. The average Bonchev–Trinajstić information content (AvgIpc) is 3.03. The molecule has 5 heteroatoms. The number of hydrogen-bond acceptors (Lipinski definition) is 3. The van der Waals surface area contributed by atoms with Gasteiger partial charge in [-0.3, -0.25) is 0 Å². The molecule has 0 saturated carbocycles. The van der Waals surface area contributed by atoms with Crippen LogP contribution >= 0.6 is 11.6 Å². The quantitative estimate of drug-likeness (QED) is 0.0831. The van der Waals surface area contributed by atoms with Crippen molar-refractivity contribution < 1.29 is 18.7 Å². The molecule has 0 fully saturated rings. The Balaban J connectivity index is 1.21. The van der Waals surface area contributed by atoms with E-state index in [1.165, 1.54) is 6.07 Å².